The van der Waals surface area contributed by atoms with E-state index in [0.717, 1.165) is 11.3 Å². The molecule has 10 heteroatoms. The van der Waals surface area contributed by atoms with Gasteiger partial charge in [-0.15, -0.1) is 0 Å². The van der Waals surface area contributed by atoms with E-state index in [-0.39, 0.29) is 22.5 Å². The molecule has 0 radical (unpaired) electrons. The van der Waals surface area contributed by atoms with Crippen molar-refractivity contribution in [3.8, 4) is 0 Å². The highest BCUT2D eigenvalue weighted by molar-refractivity contribution is 7.17. The van der Waals surface area contributed by atoms with Crippen LogP contribution in [-0.2, 0) is 19.1 Å². The van der Waals surface area contributed by atoms with Crippen molar-refractivity contribution in [2.24, 2.45) is 5.92 Å². The zero-order chi connectivity index (χ0) is 23.0. The summed E-state index contributed by atoms with van der Waals surface area (Å²) < 4.78 is 10.0. The molecule has 0 bridgehead atoms. The van der Waals surface area contributed by atoms with E-state index in [0.29, 0.717) is 11.3 Å². The molecule has 9 nitrogen and oxygen atoms in total. The Morgan fingerprint density at radius 1 is 1.10 bits per heavy atom. The van der Waals surface area contributed by atoms with Gasteiger partial charge in [0.25, 0.3) is 11.8 Å². The van der Waals surface area contributed by atoms with Crippen LogP contribution >= 0.6 is 11.3 Å². The van der Waals surface area contributed by atoms with E-state index in [1.807, 2.05) is 0 Å². The number of nitrogens with one attached hydrogen (secondary N) is 2. The molecule has 1 aromatic carbocycles. The Morgan fingerprint density at radius 2 is 1.77 bits per heavy atom. The minimum absolute atomic E-state index is 0.194. The van der Waals surface area contributed by atoms with Crippen molar-refractivity contribution in [1.29, 1.82) is 0 Å². The Morgan fingerprint density at radius 3 is 2.39 bits per heavy atom. The van der Waals surface area contributed by atoms with Gasteiger partial charge in [-0.3, -0.25) is 14.9 Å². The maximum atomic E-state index is 12.4. The zero-order valence-corrected chi connectivity index (χ0v) is 18.6. The van der Waals surface area contributed by atoms with Gasteiger partial charge in [0.2, 0.25) is 0 Å². The Kier molecular flexibility index (Phi) is 8.68. The molecular formula is C21H25N3O6S. The second-order valence-electron chi connectivity index (χ2n) is 6.87. The smallest absolute Gasteiger partial charge is 0.350 e. The molecule has 0 saturated carbocycles. The molecule has 0 aliphatic heterocycles. The number of hydrogen-bond donors (Lipinski definition) is 2. The van der Waals surface area contributed by atoms with Gasteiger partial charge in [-0.05, 0) is 31.9 Å². The molecule has 2 aromatic rings. The van der Waals surface area contributed by atoms with Gasteiger partial charge in [0.15, 0.2) is 11.7 Å². The molecule has 0 spiro atoms. The fourth-order valence-corrected chi connectivity index (χ4v) is 3.41. The first-order chi connectivity index (χ1) is 14.7. The van der Waals surface area contributed by atoms with Crippen molar-refractivity contribution in [2.45, 2.75) is 33.7 Å². The molecule has 2 N–H and O–H groups in total. The summed E-state index contributed by atoms with van der Waals surface area (Å²) in [7, 11) is 0. The van der Waals surface area contributed by atoms with Gasteiger partial charge in [0.1, 0.15) is 10.9 Å². The Labute approximate surface area is 184 Å². The summed E-state index contributed by atoms with van der Waals surface area (Å²) in [4.78, 5) is 53.2. The average Bonchev–Trinajstić information content (AvgIpc) is 3.10. The summed E-state index contributed by atoms with van der Waals surface area (Å²) in [6.45, 7) is 6.50. The van der Waals surface area contributed by atoms with Crippen LogP contribution < -0.4 is 10.6 Å². The number of carbonyl (C=O) groups excluding carboxylic acids is 4. The van der Waals surface area contributed by atoms with Crippen LogP contribution in [0.15, 0.2) is 30.3 Å². The fourth-order valence-electron chi connectivity index (χ4n) is 2.53. The number of nitrogens with zero attached hydrogens (tertiary/aromatic N) is 1. The first kappa shape index (κ1) is 24.0. The summed E-state index contributed by atoms with van der Waals surface area (Å²) in [5.41, 5.74) is 0.842. The van der Waals surface area contributed by atoms with E-state index < -0.39 is 36.4 Å². The van der Waals surface area contributed by atoms with Gasteiger partial charge in [0.05, 0.1) is 12.3 Å². The third-order valence-electron chi connectivity index (χ3n) is 4.09. The second kappa shape index (κ2) is 11.2. The van der Waals surface area contributed by atoms with Crippen molar-refractivity contribution >= 4 is 40.2 Å². The van der Waals surface area contributed by atoms with E-state index in [2.05, 4.69) is 15.6 Å². The van der Waals surface area contributed by atoms with E-state index in [9.17, 15) is 19.2 Å². The number of anilines is 1. The highest BCUT2D eigenvalue weighted by atomic mass is 32.1. The summed E-state index contributed by atoms with van der Waals surface area (Å²) in [5.74, 6) is -2.52. The molecule has 166 valence electrons. The van der Waals surface area contributed by atoms with Crippen molar-refractivity contribution in [2.75, 3.05) is 18.5 Å². The van der Waals surface area contributed by atoms with E-state index >= 15 is 0 Å². The molecule has 0 fully saturated rings. The minimum Gasteiger partial charge on any atom is -0.462 e. The number of rotatable bonds is 9. The first-order valence-corrected chi connectivity index (χ1v) is 10.5. The number of aryl methyl sites for hydroxylation is 1. The molecule has 0 aliphatic rings. The van der Waals surface area contributed by atoms with Crippen LogP contribution in [0.3, 0.4) is 0 Å². The predicted octanol–water partition coefficient (Wildman–Crippen LogP) is 2.56. The molecule has 2 amide bonds. The van der Waals surface area contributed by atoms with E-state index in [4.69, 9.17) is 9.47 Å². The van der Waals surface area contributed by atoms with Crippen LogP contribution in [0.5, 0.6) is 0 Å². The topological polar surface area (TPSA) is 124 Å². The van der Waals surface area contributed by atoms with Crippen molar-refractivity contribution in [3.05, 3.63) is 46.5 Å². The number of esters is 2. The van der Waals surface area contributed by atoms with Gasteiger partial charge in [0, 0.05) is 5.56 Å². The van der Waals surface area contributed by atoms with E-state index in [1.54, 1.807) is 58.0 Å². The molecule has 0 unspecified atom stereocenters. The summed E-state index contributed by atoms with van der Waals surface area (Å²) in [6.07, 6.45) is 0. The lowest BCUT2D eigenvalue weighted by Crippen LogP contribution is -2.45. The van der Waals surface area contributed by atoms with Crippen LogP contribution in [0.4, 0.5) is 5.13 Å². The average molecular weight is 448 g/mol. The molecule has 1 aromatic heterocycles. The Balaban J connectivity index is 1.92. The minimum atomic E-state index is -0.918. The maximum absolute atomic E-state index is 12.4. The third kappa shape index (κ3) is 6.88. The summed E-state index contributed by atoms with van der Waals surface area (Å²) >= 11 is 0.972. The van der Waals surface area contributed by atoms with Gasteiger partial charge in [-0.1, -0.05) is 43.4 Å². The lowest BCUT2D eigenvalue weighted by Gasteiger charge is -2.20. The number of hydrogen-bond acceptors (Lipinski definition) is 8. The van der Waals surface area contributed by atoms with Gasteiger partial charge in [-0.2, -0.15) is 0 Å². The summed E-state index contributed by atoms with van der Waals surface area (Å²) in [6, 6.07) is 7.56. The van der Waals surface area contributed by atoms with Gasteiger partial charge < -0.3 is 14.8 Å². The van der Waals surface area contributed by atoms with Crippen LogP contribution in [0, 0.1) is 12.8 Å². The Hall–Kier alpha value is -3.27. The van der Waals surface area contributed by atoms with Crippen LogP contribution in [0.25, 0.3) is 0 Å². The number of amides is 2. The zero-order valence-electron chi connectivity index (χ0n) is 17.8. The normalized spacial score (nSPS) is 11.5. The second-order valence-corrected chi connectivity index (χ2v) is 7.87. The monoisotopic (exact) mass is 447 g/mol. The van der Waals surface area contributed by atoms with Crippen LogP contribution in [-0.4, -0.2) is 48.0 Å². The first-order valence-electron chi connectivity index (χ1n) is 9.69. The quantitative estimate of drug-likeness (QED) is 0.566. The number of carbonyl (C=O) groups is 4. The highest BCUT2D eigenvalue weighted by Crippen LogP contribution is 2.23. The SMILES string of the molecule is CCOC(=O)c1sc(NC(=O)COC(=O)[C@@H](NC(=O)c2ccccc2)C(C)C)nc1C. The molecule has 2 rings (SSSR count). The predicted molar refractivity (Wildman–Crippen MR) is 115 cm³/mol. The lowest BCUT2D eigenvalue weighted by molar-refractivity contribution is -0.150. The van der Waals surface area contributed by atoms with Crippen molar-refractivity contribution in [3.63, 3.8) is 0 Å². The number of aromatic nitrogens is 1. The Bertz CT molecular complexity index is 942. The van der Waals surface area contributed by atoms with E-state index in [1.165, 1.54) is 0 Å². The third-order valence-corrected chi connectivity index (χ3v) is 5.15. The van der Waals surface area contributed by atoms with Gasteiger partial charge >= 0.3 is 11.9 Å². The number of benzene rings is 1. The summed E-state index contributed by atoms with van der Waals surface area (Å²) in [5, 5.41) is 5.31. The molecule has 31 heavy (non-hydrogen) atoms. The molecule has 0 saturated heterocycles. The molecule has 1 atom stereocenters. The largest absolute Gasteiger partial charge is 0.462 e. The highest BCUT2D eigenvalue weighted by Gasteiger charge is 2.27. The van der Waals surface area contributed by atoms with Crippen molar-refractivity contribution in [1.82, 2.24) is 10.3 Å². The standard InChI is InChI=1S/C21H25N3O6S/c1-5-29-20(28)17-13(4)22-21(31-17)23-15(25)11-30-19(27)16(12(2)3)24-18(26)14-9-7-6-8-10-14/h6-10,12,16H,5,11H2,1-4H3,(H,24,26)(H,22,23,25)/t16-/m0/s1. The number of thiazole rings is 1. The van der Waals surface area contributed by atoms with Crippen LogP contribution in [0.2, 0.25) is 0 Å². The lowest BCUT2D eigenvalue weighted by atomic mass is 10.0. The molecule has 0 aliphatic carbocycles. The maximum Gasteiger partial charge on any atom is 0.350 e. The van der Waals surface area contributed by atoms with Gasteiger partial charge in [-0.25, -0.2) is 14.6 Å². The fraction of sp³-hybridized carbons (Fsp3) is 0.381. The number of ether oxygens (including phenoxy) is 2. The van der Waals surface area contributed by atoms with Crippen LogP contribution in [0.1, 0.15) is 46.5 Å². The van der Waals surface area contributed by atoms with Crippen molar-refractivity contribution < 1.29 is 28.7 Å². The molecule has 1 heterocycles. The molecular weight excluding hydrogens is 422 g/mol.